The predicted octanol–water partition coefficient (Wildman–Crippen LogP) is 2.23. The fraction of sp³-hybridized carbons (Fsp3) is 0.542. The fourth-order valence-electron chi connectivity index (χ4n) is 3.41. The number of aryl methyl sites for hydroxylation is 1. The van der Waals surface area contributed by atoms with Gasteiger partial charge in [0.15, 0.2) is 5.69 Å². The molecule has 33 heavy (non-hydrogen) atoms. The highest BCUT2D eigenvalue weighted by atomic mass is 16.5. The number of ether oxygens (including phenoxy) is 1. The van der Waals surface area contributed by atoms with Crippen molar-refractivity contribution in [2.45, 2.75) is 47.1 Å². The van der Waals surface area contributed by atoms with E-state index in [1.165, 1.54) is 9.47 Å². The monoisotopic (exact) mass is 459 g/mol. The molecule has 2 rings (SSSR count). The molecule has 1 heterocycles. The first-order valence-corrected chi connectivity index (χ1v) is 11.4. The number of likely N-dealkylation sites (N-methyl/N-ethyl adjacent to an activating group) is 1. The number of nitrogens with two attached hydrogens (primary N) is 1. The topological polar surface area (TPSA) is 114 Å². The maximum atomic E-state index is 13.2. The van der Waals surface area contributed by atoms with Gasteiger partial charge in [-0.3, -0.25) is 24.0 Å². The standard InChI is InChI=1S/C24H37N5O4/c1-6-7-12-28(21-22(25)29(15-17(2)3)24(32)26-23(21)31)20(30)16-27(5)13-14-33-19-10-8-18(4)9-11-19/h8-11,17H,6-7,12-16,25H2,1-5H3,(H,26,31,32). The van der Waals surface area contributed by atoms with E-state index < -0.39 is 11.2 Å². The van der Waals surface area contributed by atoms with E-state index in [9.17, 15) is 14.4 Å². The number of nitrogens with one attached hydrogen (secondary N) is 1. The van der Waals surface area contributed by atoms with Crippen LogP contribution in [0.5, 0.6) is 5.75 Å². The number of anilines is 2. The Morgan fingerprint density at radius 1 is 1.18 bits per heavy atom. The van der Waals surface area contributed by atoms with E-state index >= 15 is 0 Å². The minimum atomic E-state index is -0.646. The average Bonchev–Trinajstić information content (AvgIpc) is 2.74. The second-order valence-corrected chi connectivity index (χ2v) is 8.80. The molecule has 1 aromatic carbocycles. The molecule has 0 spiro atoms. The number of carbonyl (C=O) groups is 1. The Hall–Kier alpha value is -3.07. The molecule has 0 radical (unpaired) electrons. The lowest BCUT2D eigenvalue weighted by molar-refractivity contribution is -0.119. The van der Waals surface area contributed by atoms with Crippen molar-refractivity contribution in [2.24, 2.45) is 5.92 Å². The lowest BCUT2D eigenvalue weighted by atomic mass is 10.2. The van der Waals surface area contributed by atoms with Gasteiger partial charge in [-0.05, 0) is 38.4 Å². The number of unbranched alkanes of at least 4 members (excludes halogenated alkanes) is 1. The van der Waals surface area contributed by atoms with E-state index in [0.29, 0.717) is 32.7 Å². The lowest BCUT2D eigenvalue weighted by Gasteiger charge is -2.27. The fourth-order valence-corrected chi connectivity index (χ4v) is 3.41. The van der Waals surface area contributed by atoms with Gasteiger partial charge in [-0.15, -0.1) is 0 Å². The Bertz CT molecular complexity index is 1030. The number of nitrogen functional groups attached to an aromatic ring is 1. The second kappa shape index (κ2) is 12.2. The molecule has 0 aliphatic rings. The van der Waals surface area contributed by atoms with Crippen LogP contribution in [0.15, 0.2) is 33.9 Å². The van der Waals surface area contributed by atoms with Crippen LogP contribution in [-0.4, -0.2) is 53.6 Å². The maximum absolute atomic E-state index is 13.2. The summed E-state index contributed by atoms with van der Waals surface area (Å²) in [5, 5.41) is 0. The minimum absolute atomic E-state index is 0.0206. The van der Waals surface area contributed by atoms with Crippen molar-refractivity contribution in [3.8, 4) is 5.75 Å². The highest BCUT2D eigenvalue weighted by Gasteiger charge is 2.24. The Kier molecular flexibility index (Phi) is 9.72. The van der Waals surface area contributed by atoms with Crippen molar-refractivity contribution in [3.05, 3.63) is 50.7 Å². The Labute approximate surface area is 195 Å². The summed E-state index contributed by atoms with van der Waals surface area (Å²) in [7, 11) is 1.82. The number of H-pyrrole nitrogens is 1. The van der Waals surface area contributed by atoms with Crippen molar-refractivity contribution in [1.29, 1.82) is 0 Å². The summed E-state index contributed by atoms with van der Waals surface area (Å²) in [4.78, 5) is 43.7. The van der Waals surface area contributed by atoms with Crippen LogP contribution < -0.4 is 26.6 Å². The van der Waals surface area contributed by atoms with E-state index in [4.69, 9.17) is 10.5 Å². The Balaban J connectivity index is 2.15. The molecule has 0 atom stereocenters. The Morgan fingerprint density at radius 2 is 1.85 bits per heavy atom. The van der Waals surface area contributed by atoms with Crippen molar-refractivity contribution in [1.82, 2.24) is 14.5 Å². The first-order chi connectivity index (χ1) is 15.6. The quantitative estimate of drug-likeness (QED) is 0.503. The van der Waals surface area contributed by atoms with E-state index in [1.54, 1.807) is 0 Å². The van der Waals surface area contributed by atoms with Gasteiger partial charge < -0.3 is 15.4 Å². The molecule has 1 amide bonds. The zero-order chi connectivity index (χ0) is 24.5. The zero-order valence-electron chi connectivity index (χ0n) is 20.4. The van der Waals surface area contributed by atoms with E-state index in [0.717, 1.165) is 17.7 Å². The maximum Gasteiger partial charge on any atom is 0.330 e. The molecule has 0 aliphatic carbocycles. The molecular formula is C24H37N5O4. The molecule has 0 fully saturated rings. The van der Waals surface area contributed by atoms with Crippen molar-refractivity contribution >= 4 is 17.4 Å². The molecule has 1 aromatic heterocycles. The van der Waals surface area contributed by atoms with Crippen LogP contribution in [0, 0.1) is 12.8 Å². The SMILES string of the molecule is CCCCN(C(=O)CN(C)CCOc1ccc(C)cc1)c1c(N)n(CC(C)C)c(=O)[nH]c1=O. The third-order valence-electron chi connectivity index (χ3n) is 5.24. The van der Waals surface area contributed by atoms with Gasteiger partial charge in [0.2, 0.25) is 5.91 Å². The molecule has 0 unspecified atom stereocenters. The van der Waals surface area contributed by atoms with Crippen molar-refractivity contribution in [3.63, 3.8) is 0 Å². The smallest absolute Gasteiger partial charge is 0.330 e. The van der Waals surface area contributed by atoms with Crippen LogP contribution in [0.2, 0.25) is 0 Å². The molecule has 0 saturated heterocycles. The van der Waals surface area contributed by atoms with Crippen LogP contribution in [0.1, 0.15) is 39.2 Å². The summed E-state index contributed by atoms with van der Waals surface area (Å²) >= 11 is 0. The summed E-state index contributed by atoms with van der Waals surface area (Å²) in [5.41, 5.74) is 6.23. The molecule has 9 heteroatoms. The molecule has 2 aromatic rings. The second-order valence-electron chi connectivity index (χ2n) is 8.80. The van der Waals surface area contributed by atoms with Crippen molar-refractivity contribution in [2.75, 3.05) is 43.9 Å². The summed E-state index contributed by atoms with van der Waals surface area (Å²) in [6, 6.07) is 7.78. The zero-order valence-corrected chi connectivity index (χ0v) is 20.4. The summed E-state index contributed by atoms with van der Waals surface area (Å²) in [6.45, 7) is 9.64. The summed E-state index contributed by atoms with van der Waals surface area (Å²) in [5.74, 6) is 0.681. The van der Waals surface area contributed by atoms with Gasteiger partial charge in [0.25, 0.3) is 5.56 Å². The van der Waals surface area contributed by atoms with Gasteiger partial charge >= 0.3 is 5.69 Å². The highest BCUT2D eigenvalue weighted by molar-refractivity contribution is 5.96. The number of carbonyl (C=O) groups excluding carboxylic acids is 1. The number of amides is 1. The van der Waals surface area contributed by atoms with Gasteiger partial charge in [-0.2, -0.15) is 0 Å². The van der Waals surface area contributed by atoms with Gasteiger partial charge in [-0.25, -0.2) is 4.79 Å². The molecular weight excluding hydrogens is 422 g/mol. The number of aromatic nitrogens is 2. The molecule has 0 saturated carbocycles. The summed E-state index contributed by atoms with van der Waals surface area (Å²) in [6.07, 6.45) is 1.54. The molecule has 9 nitrogen and oxygen atoms in total. The van der Waals surface area contributed by atoms with Crippen LogP contribution in [0.3, 0.4) is 0 Å². The first kappa shape index (κ1) is 26.2. The number of nitrogens with zero attached hydrogens (tertiary/aromatic N) is 3. The van der Waals surface area contributed by atoms with Gasteiger partial charge in [0, 0.05) is 19.6 Å². The lowest BCUT2D eigenvalue weighted by Crippen LogP contribution is -2.45. The minimum Gasteiger partial charge on any atom is -0.492 e. The van der Waals surface area contributed by atoms with E-state index in [1.807, 2.05) is 63.9 Å². The molecule has 0 aliphatic heterocycles. The summed E-state index contributed by atoms with van der Waals surface area (Å²) < 4.78 is 7.07. The number of hydrogen-bond donors (Lipinski definition) is 2. The number of rotatable bonds is 12. The van der Waals surface area contributed by atoms with Crippen molar-refractivity contribution < 1.29 is 9.53 Å². The van der Waals surface area contributed by atoms with Crippen LogP contribution in [0.4, 0.5) is 11.5 Å². The van der Waals surface area contributed by atoms with Gasteiger partial charge in [0.1, 0.15) is 18.2 Å². The van der Waals surface area contributed by atoms with Crippen LogP contribution >= 0.6 is 0 Å². The normalized spacial score (nSPS) is 11.2. The molecule has 182 valence electrons. The first-order valence-electron chi connectivity index (χ1n) is 11.4. The van der Waals surface area contributed by atoms with E-state index in [2.05, 4.69) is 4.98 Å². The predicted molar refractivity (Wildman–Crippen MR) is 132 cm³/mol. The molecule has 0 bridgehead atoms. The van der Waals surface area contributed by atoms with Gasteiger partial charge in [-0.1, -0.05) is 44.9 Å². The average molecular weight is 460 g/mol. The Morgan fingerprint density at radius 3 is 2.45 bits per heavy atom. The highest BCUT2D eigenvalue weighted by Crippen LogP contribution is 2.19. The van der Waals surface area contributed by atoms with Crippen LogP contribution in [-0.2, 0) is 11.3 Å². The van der Waals surface area contributed by atoms with E-state index in [-0.39, 0.29) is 29.9 Å². The van der Waals surface area contributed by atoms with Gasteiger partial charge in [0.05, 0.1) is 6.54 Å². The number of aromatic amines is 1. The number of hydrogen-bond acceptors (Lipinski definition) is 6. The third-order valence-corrected chi connectivity index (χ3v) is 5.24. The third kappa shape index (κ3) is 7.49. The molecule has 3 N–H and O–H groups in total. The van der Waals surface area contributed by atoms with Crippen LogP contribution in [0.25, 0.3) is 0 Å². The number of benzene rings is 1. The largest absolute Gasteiger partial charge is 0.492 e.